The van der Waals surface area contributed by atoms with E-state index in [1.165, 1.54) is 24.4 Å². The van der Waals surface area contributed by atoms with Gasteiger partial charge in [-0.05, 0) is 37.1 Å². The van der Waals surface area contributed by atoms with Crippen molar-refractivity contribution in [2.75, 3.05) is 6.61 Å². The number of ether oxygens (including phenoxy) is 1. The molecule has 0 spiro atoms. The third-order valence-corrected chi connectivity index (χ3v) is 4.47. The van der Waals surface area contributed by atoms with E-state index in [-0.39, 0.29) is 17.7 Å². The van der Waals surface area contributed by atoms with Crippen LogP contribution in [0.3, 0.4) is 0 Å². The van der Waals surface area contributed by atoms with Gasteiger partial charge < -0.3 is 9.30 Å². The molecular weight excluding hydrogens is 371 g/mol. The number of ketones is 1. The van der Waals surface area contributed by atoms with Gasteiger partial charge in [0.25, 0.3) is 5.78 Å². The molecule has 7 heteroatoms. The molecule has 0 bridgehead atoms. The van der Waals surface area contributed by atoms with E-state index in [0.717, 1.165) is 6.07 Å². The second-order valence-corrected chi connectivity index (χ2v) is 6.15. The number of carbonyl (C=O) groups excluding carboxylic acids is 2. The predicted molar refractivity (Wildman–Crippen MR) is 99.0 cm³/mol. The lowest BCUT2D eigenvalue weighted by Crippen LogP contribution is -2.17. The van der Waals surface area contributed by atoms with Gasteiger partial charge >= 0.3 is 12.1 Å². The van der Waals surface area contributed by atoms with Gasteiger partial charge in [0.1, 0.15) is 0 Å². The minimum Gasteiger partial charge on any atom is -0.460 e. The third kappa shape index (κ3) is 3.52. The van der Waals surface area contributed by atoms with Crippen LogP contribution >= 0.6 is 0 Å². The van der Waals surface area contributed by atoms with Gasteiger partial charge in [-0.25, -0.2) is 4.79 Å². The number of hydrogen-bond acceptors (Lipinski definition) is 3. The molecule has 0 aliphatic rings. The van der Waals surface area contributed by atoms with Crippen LogP contribution in [0, 0.1) is 0 Å². The van der Waals surface area contributed by atoms with Crippen molar-refractivity contribution >= 4 is 22.7 Å². The van der Waals surface area contributed by atoms with Crippen molar-refractivity contribution in [1.82, 2.24) is 4.57 Å². The van der Waals surface area contributed by atoms with Crippen molar-refractivity contribution in [3.8, 4) is 11.1 Å². The van der Waals surface area contributed by atoms with Gasteiger partial charge in [0, 0.05) is 23.6 Å². The molecule has 1 aromatic heterocycles. The Labute approximate surface area is 159 Å². The molecular formula is C21H18F3NO3. The van der Waals surface area contributed by atoms with Crippen molar-refractivity contribution in [1.29, 1.82) is 0 Å². The minimum atomic E-state index is -4.48. The fourth-order valence-electron chi connectivity index (χ4n) is 3.19. The number of nitrogens with zero attached hydrogens (tertiary/aromatic N) is 1. The summed E-state index contributed by atoms with van der Waals surface area (Å²) in [7, 11) is 0. The lowest BCUT2D eigenvalue weighted by Gasteiger charge is -2.13. The van der Waals surface area contributed by atoms with Gasteiger partial charge in [0.05, 0.1) is 17.7 Å². The molecule has 0 atom stereocenters. The van der Waals surface area contributed by atoms with Gasteiger partial charge in [-0.3, -0.25) is 4.79 Å². The molecule has 1 heterocycles. The standard InChI is InChI=1S/C21H18F3NO3/c1-3-25-12-16(19(26)20(27)28-4-2)15-10-9-13(11-18(15)25)14-7-5-6-8-17(14)21(22,23)24/h5-12H,3-4H2,1-2H3. The molecule has 0 unspecified atom stereocenters. The highest BCUT2D eigenvalue weighted by Crippen LogP contribution is 2.38. The number of hydrogen-bond donors (Lipinski definition) is 0. The molecule has 0 aliphatic carbocycles. The highest BCUT2D eigenvalue weighted by atomic mass is 19.4. The summed E-state index contributed by atoms with van der Waals surface area (Å²) in [4.78, 5) is 24.2. The first-order chi connectivity index (χ1) is 13.3. The minimum absolute atomic E-state index is 0.0547. The maximum absolute atomic E-state index is 13.4. The number of Topliss-reactive ketones (excluding diaryl/α,β-unsaturated/α-hetero) is 1. The normalized spacial score (nSPS) is 11.6. The molecule has 28 heavy (non-hydrogen) atoms. The molecule has 0 amide bonds. The number of aromatic nitrogens is 1. The summed E-state index contributed by atoms with van der Waals surface area (Å²) in [6.07, 6.45) is -2.95. The van der Waals surface area contributed by atoms with E-state index >= 15 is 0 Å². The van der Waals surface area contributed by atoms with E-state index in [9.17, 15) is 22.8 Å². The number of fused-ring (bicyclic) bond motifs is 1. The van der Waals surface area contributed by atoms with E-state index in [2.05, 4.69) is 0 Å². The largest absolute Gasteiger partial charge is 0.460 e. The van der Waals surface area contributed by atoms with Crippen LogP contribution in [0.2, 0.25) is 0 Å². The number of halogens is 3. The maximum Gasteiger partial charge on any atom is 0.417 e. The SMILES string of the molecule is CCOC(=O)C(=O)c1cn(CC)c2cc(-c3ccccc3C(F)(F)F)ccc12. The number of carbonyl (C=O) groups is 2. The fourth-order valence-corrected chi connectivity index (χ4v) is 3.19. The van der Waals surface area contributed by atoms with Crippen molar-refractivity contribution in [3.63, 3.8) is 0 Å². The van der Waals surface area contributed by atoms with E-state index in [1.54, 1.807) is 29.7 Å². The summed E-state index contributed by atoms with van der Waals surface area (Å²) >= 11 is 0. The van der Waals surface area contributed by atoms with Gasteiger partial charge in [-0.15, -0.1) is 0 Å². The summed E-state index contributed by atoms with van der Waals surface area (Å²) < 4.78 is 46.6. The first-order valence-electron chi connectivity index (χ1n) is 8.78. The average molecular weight is 389 g/mol. The molecule has 0 N–H and O–H groups in total. The highest BCUT2D eigenvalue weighted by molar-refractivity contribution is 6.43. The van der Waals surface area contributed by atoms with Crippen LogP contribution < -0.4 is 0 Å². The number of esters is 1. The Morgan fingerprint density at radius 2 is 1.79 bits per heavy atom. The summed E-state index contributed by atoms with van der Waals surface area (Å²) in [5, 5.41) is 0.494. The molecule has 0 fully saturated rings. The highest BCUT2D eigenvalue weighted by Gasteiger charge is 2.33. The van der Waals surface area contributed by atoms with Crippen LogP contribution in [-0.2, 0) is 22.3 Å². The molecule has 3 aromatic rings. The number of benzene rings is 2. The third-order valence-electron chi connectivity index (χ3n) is 4.47. The summed E-state index contributed by atoms with van der Waals surface area (Å²) in [6, 6.07) is 10.0. The van der Waals surface area contributed by atoms with Crippen LogP contribution in [0.15, 0.2) is 48.7 Å². The Morgan fingerprint density at radius 1 is 1.07 bits per heavy atom. The Morgan fingerprint density at radius 3 is 2.43 bits per heavy atom. The van der Waals surface area contributed by atoms with Gasteiger partial charge in [-0.1, -0.05) is 30.3 Å². The topological polar surface area (TPSA) is 48.3 Å². The summed E-state index contributed by atoms with van der Waals surface area (Å²) in [5.41, 5.74) is 0.449. The Kier molecular flexibility index (Phi) is 5.27. The molecule has 3 rings (SSSR count). The van der Waals surface area contributed by atoms with Crippen molar-refractivity contribution in [2.24, 2.45) is 0 Å². The number of rotatable bonds is 5. The average Bonchev–Trinajstić information content (AvgIpc) is 3.04. The summed E-state index contributed by atoms with van der Waals surface area (Å²) in [6.45, 7) is 4.01. The Bertz CT molecular complexity index is 1050. The van der Waals surface area contributed by atoms with Crippen molar-refractivity contribution in [2.45, 2.75) is 26.6 Å². The molecule has 0 aliphatic heterocycles. The molecule has 0 saturated carbocycles. The molecule has 0 saturated heterocycles. The second kappa shape index (κ2) is 7.50. The lowest BCUT2D eigenvalue weighted by molar-refractivity contribution is -0.138. The number of alkyl halides is 3. The maximum atomic E-state index is 13.4. The Hall–Kier alpha value is -3.09. The van der Waals surface area contributed by atoms with E-state index in [4.69, 9.17) is 4.74 Å². The van der Waals surface area contributed by atoms with Crippen LogP contribution in [-0.4, -0.2) is 22.9 Å². The number of aryl methyl sites for hydroxylation is 1. The first-order valence-corrected chi connectivity index (χ1v) is 8.78. The quantitative estimate of drug-likeness (QED) is 0.347. The van der Waals surface area contributed by atoms with E-state index in [1.807, 2.05) is 6.92 Å². The van der Waals surface area contributed by atoms with Crippen molar-refractivity contribution in [3.05, 3.63) is 59.8 Å². The monoisotopic (exact) mass is 389 g/mol. The van der Waals surface area contributed by atoms with Crippen LogP contribution in [0.25, 0.3) is 22.0 Å². The smallest absolute Gasteiger partial charge is 0.417 e. The van der Waals surface area contributed by atoms with E-state index in [0.29, 0.717) is 23.0 Å². The fraction of sp³-hybridized carbons (Fsp3) is 0.238. The Balaban J connectivity index is 2.16. The molecule has 0 radical (unpaired) electrons. The second-order valence-electron chi connectivity index (χ2n) is 6.15. The van der Waals surface area contributed by atoms with Crippen LogP contribution in [0.5, 0.6) is 0 Å². The zero-order valence-corrected chi connectivity index (χ0v) is 15.3. The van der Waals surface area contributed by atoms with Crippen molar-refractivity contribution < 1.29 is 27.5 Å². The molecule has 2 aromatic carbocycles. The lowest BCUT2D eigenvalue weighted by atomic mass is 9.97. The van der Waals surface area contributed by atoms with Crippen LogP contribution in [0.1, 0.15) is 29.8 Å². The zero-order valence-electron chi connectivity index (χ0n) is 15.3. The van der Waals surface area contributed by atoms with E-state index < -0.39 is 23.5 Å². The van der Waals surface area contributed by atoms with Gasteiger partial charge in [-0.2, -0.15) is 13.2 Å². The van der Waals surface area contributed by atoms with Gasteiger partial charge in [0.2, 0.25) is 0 Å². The summed E-state index contributed by atoms with van der Waals surface area (Å²) in [5.74, 6) is -1.73. The molecule has 4 nitrogen and oxygen atoms in total. The predicted octanol–water partition coefficient (Wildman–Crippen LogP) is 5.09. The zero-order chi connectivity index (χ0) is 20.5. The van der Waals surface area contributed by atoms with Crippen LogP contribution in [0.4, 0.5) is 13.2 Å². The van der Waals surface area contributed by atoms with Gasteiger partial charge in [0.15, 0.2) is 0 Å². The molecule has 146 valence electrons. The first kappa shape index (κ1) is 19.7.